The highest BCUT2D eigenvalue weighted by Crippen LogP contribution is 2.41. The fourth-order valence-corrected chi connectivity index (χ4v) is 4.15. The number of carbonyl (C=O) groups is 2. The van der Waals surface area contributed by atoms with Crippen molar-refractivity contribution in [3.63, 3.8) is 0 Å². The summed E-state index contributed by atoms with van der Waals surface area (Å²) in [5.41, 5.74) is 1.14. The molecule has 1 unspecified atom stereocenters. The molecule has 1 aliphatic rings. The molecule has 3 rings (SSSR count). The molecule has 1 atom stereocenters. The van der Waals surface area contributed by atoms with Crippen molar-refractivity contribution in [2.45, 2.75) is 26.3 Å². The molecule has 1 fully saturated rings. The lowest BCUT2D eigenvalue weighted by atomic mass is 9.95. The number of aliphatic hydroxyl groups excluding tert-OH is 1. The van der Waals surface area contributed by atoms with E-state index in [4.69, 9.17) is 9.47 Å². The minimum atomic E-state index is -0.741. The van der Waals surface area contributed by atoms with Gasteiger partial charge in [-0.2, -0.15) is 0 Å². The smallest absolute Gasteiger partial charge is 0.295 e. The van der Waals surface area contributed by atoms with E-state index in [1.165, 1.54) is 19.5 Å². The third kappa shape index (κ3) is 5.01. The molecule has 0 radical (unpaired) electrons. The van der Waals surface area contributed by atoms with E-state index in [0.717, 1.165) is 19.6 Å². The Labute approximate surface area is 194 Å². The number of Topliss-reactive ketones (excluding diaryl/α,β-unsaturated/α-hetero) is 1. The van der Waals surface area contributed by atoms with Crippen LogP contribution in [-0.4, -0.2) is 72.0 Å². The number of aromatic nitrogens is 1. The van der Waals surface area contributed by atoms with E-state index in [9.17, 15) is 14.7 Å². The number of rotatable bonds is 10. The fourth-order valence-electron chi connectivity index (χ4n) is 4.15. The van der Waals surface area contributed by atoms with Gasteiger partial charge < -0.3 is 24.4 Å². The van der Waals surface area contributed by atoms with Crippen LogP contribution in [0.3, 0.4) is 0 Å². The molecule has 0 saturated carbocycles. The van der Waals surface area contributed by atoms with Crippen LogP contribution in [0.25, 0.3) is 5.76 Å². The van der Waals surface area contributed by atoms with Gasteiger partial charge in [-0.3, -0.25) is 14.6 Å². The molecule has 2 heterocycles. The van der Waals surface area contributed by atoms with Crippen LogP contribution in [-0.2, 0) is 9.59 Å². The summed E-state index contributed by atoms with van der Waals surface area (Å²) >= 11 is 0. The number of pyridine rings is 1. The topological polar surface area (TPSA) is 92.2 Å². The quantitative estimate of drug-likeness (QED) is 0.335. The van der Waals surface area contributed by atoms with Crippen molar-refractivity contribution in [1.29, 1.82) is 0 Å². The second-order valence-electron chi connectivity index (χ2n) is 7.72. The molecular weight excluding hydrogens is 422 g/mol. The summed E-state index contributed by atoms with van der Waals surface area (Å²) in [6.07, 6.45) is 3.76. The van der Waals surface area contributed by atoms with Crippen LogP contribution in [0.4, 0.5) is 0 Å². The predicted molar refractivity (Wildman–Crippen MR) is 125 cm³/mol. The lowest BCUT2D eigenvalue weighted by Gasteiger charge is -2.27. The third-order valence-corrected chi connectivity index (χ3v) is 5.98. The standard InChI is InChI=1S/C25H31N3O5/c1-5-27(6-2)14-7-15-28-22(18-8-9-19(32-3)20(16-18)33-4)21(24(30)25(28)31)23(29)17-10-12-26-13-11-17/h8-13,16,22,29H,5-7,14-15H2,1-4H3/b23-21+. The lowest BCUT2D eigenvalue weighted by molar-refractivity contribution is -0.140. The first-order valence-electron chi connectivity index (χ1n) is 11.1. The molecule has 176 valence electrons. The van der Waals surface area contributed by atoms with Crippen LogP contribution in [0.15, 0.2) is 48.3 Å². The molecule has 1 aliphatic heterocycles. The largest absolute Gasteiger partial charge is 0.507 e. The summed E-state index contributed by atoms with van der Waals surface area (Å²) in [5, 5.41) is 11.1. The predicted octanol–water partition coefficient (Wildman–Crippen LogP) is 3.25. The second-order valence-corrected chi connectivity index (χ2v) is 7.72. The summed E-state index contributed by atoms with van der Waals surface area (Å²) in [7, 11) is 3.07. The number of methoxy groups -OCH3 is 2. The van der Waals surface area contributed by atoms with Gasteiger partial charge in [-0.25, -0.2) is 0 Å². The van der Waals surface area contributed by atoms with Crippen molar-refractivity contribution >= 4 is 17.4 Å². The van der Waals surface area contributed by atoms with Gasteiger partial charge >= 0.3 is 0 Å². The highest BCUT2D eigenvalue weighted by molar-refractivity contribution is 6.46. The van der Waals surface area contributed by atoms with Crippen molar-refractivity contribution in [2.24, 2.45) is 0 Å². The Kier molecular flexibility index (Phi) is 8.06. The highest BCUT2D eigenvalue weighted by Gasteiger charge is 2.46. The molecule has 0 bridgehead atoms. The molecule has 1 amide bonds. The van der Waals surface area contributed by atoms with E-state index in [1.807, 2.05) is 0 Å². The molecule has 8 nitrogen and oxygen atoms in total. The molecular formula is C25H31N3O5. The van der Waals surface area contributed by atoms with Gasteiger partial charge in [-0.05, 0) is 55.9 Å². The molecule has 2 aromatic rings. The van der Waals surface area contributed by atoms with Crippen LogP contribution >= 0.6 is 0 Å². The number of benzene rings is 1. The zero-order chi connectivity index (χ0) is 24.0. The van der Waals surface area contributed by atoms with Gasteiger partial charge in [-0.15, -0.1) is 0 Å². The summed E-state index contributed by atoms with van der Waals surface area (Å²) in [5.74, 6) is -0.528. The Morgan fingerprint density at radius 3 is 2.33 bits per heavy atom. The van der Waals surface area contributed by atoms with Crippen molar-refractivity contribution in [2.75, 3.05) is 40.4 Å². The van der Waals surface area contributed by atoms with Gasteiger partial charge in [0.05, 0.1) is 25.8 Å². The van der Waals surface area contributed by atoms with E-state index >= 15 is 0 Å². The summed E-state index contributed by atoms with van der Waals surface area (Å²) in [6, 6.07) is 7.73. The minimum absolute atomic E-state index is 0.0567. The Hall–Kier alpha value is -3.39. The van der Waals surface area contributed by atoms with Gasteiger partial charge in [0.1, 0.15) is 5.76 Å². The zero-order valence-corrected chi connectivity index (χ0v) is 19.6. The van der Waals surface area contributed by atoms with Crippen LogP contribution in [0.2, 0.25) is 0 Å². The molecule has 1 N–H and O–H groups in total. The van der Waals surface area contributed by atoms with Crippen LogP contribution in [0.5, 0.6) is 11.5 Å². The van der Waals surface area contributed by atoms with Gasteiger partial charge in [0.2, 0.25) is 0 Å². The first-order chi connectivity index (χ1) is 16.0. The molecule has 8 heteroatoms. The monoisotopic (exact) mass is 453 g/mol. The van der Waals surface area contributed by atoms with Crippen LogP contribution in [0, 0.1) is 0 Å². The van der Waals surface area contributed by atoms with Crippen LogP contribution in [0.1, 0.15) is 37.4 Å². The number of carbonyl (C=O) groups excluding carboxylic acids is 2. The number of hydrogen-bond acceptors (Lipinski definition) is 7. The lowest BCUT2D eigenvalue weighted by Crippen LogP contribution is -2.33. The Morgan fingerprint density at radius 1 is 1.06 bits per heavy atom. The number of hydrogen-bond donors (Lipinski definition) is 1. The number of aliphatic hydroxyl groups is 1. The SMILES string of the molecule is CCN(CC)CCCN1C(=O)C(=O)/C(=C(/O)c2ccncc2)C1c1ccc(OC)c(OC)c1. The van der Waals surface area contributed by atoms with Gasteiger partial charge in [0.25, 0.3) is 11.7 Å². The number of amides is 1. The van der Waals surface area contributed by atoms with Crippen molar-refractivity contribution < 1.29 is 24.2 Å². The third-order valence-electron chi connectivity index (χ3n) is 5.98. The highest BCUT2D eigenvalue weighted by atomic mass is 16.5. The zero-order valence-electron chi connectivity index (χ0n) is 19.6. The maximum atomic E-state index is 13.1. The molecule has 33 heavy (non-hydrogen) atoms. The molecule has 0 spiro atoms. The summed E-state index contributed by atoms with van der Waals surface area (Å²) < 4.78 is 10.8. The number of ketones is 1. The Morgan fingerprint density at radius 2 is 1.73 bits per heavy atom. The number of nitrogens with zero attached hydrogens (tertiary/aromatic N) is 3. The van der Waals surface area contributed by atoms with E-state index in [1.54, 1.807) is 42.3 Å². The van der Waals surface area contributed by atoms with Gasteiger partial charge in [0.15, 0.2) is 11.5 Å². The molecule has 1 aromatic heterocycles. The number of likely N-dealkylation sites (tertiary alicyclic amines) is 1. The maximum Gasteiger partial charge on any atom is 0.295 e. The first kappa shape index (κ1) is 24.3. The average Bonchev–Trinajstić information content (AvgIpc) is 3.11. The number of ether oxygens (including phenoxy) is 2. The summed E-state index contributed by atoms with van der Waals surface area (Å²) in [6.45, 7) is 7.20. The normalized spacial score (nSPS) is 17.6. The van der Waals surface area contributed by atoms with Gasteiger partial charge in [0, 0.05) is 24.5 Å². The molecule has 1 aromatic carbocycles. The summed E-state index contributed by atoms with van der Waals surface area (Å²) in [4.78, 5) is 34.0. The van der Waals surface area contributed by atoms with Crippen molar-refractivity contribution in [3.8, 4) is 11.5 Å². The first-order valence-corrected chi connectivity index (χ1v) is 11.1. The fraction of sp³-hybridized carbons (Fsp3) is 0.400. The van der Waals surface area contributed by atoms with Crippen molar-refractivity contribution in [1.82, 2.24) is 14.8 Å². The van der Waals surface area contributed by atoms with Crippen LogP contribution < -0.4 is 9.47 Å². The van der Waals surface area contributed by atoms with E-state index < -0.39 is 17.7 Å². The average molecular weight is 454 g/mol. The van der Waals surface area contributed by atoms with E-state index in [0.29, 0.717) is 35.6 Å². The Balaban J connectivity index is 2.07. The maximum absolute atomic E-state index is 13.1. The Bertz CT molecular complexity index is 1020. The van der Waals surface area contributed by atoms with E-state index in [2.05, 4.69) is 23.7 Å². The molecule has 1 saturated heterocycles. The van der Waals surface area contributed by atoms with E-state index in [-0.39, 0.29) is 11.3 Å². The second kappa shape index (κ2) is 11.0. The minimum Gasteiger partial charge on any atom is -0.507 e. The van der Waals surface area contributed by atoms with Crippen molar-refractivity contribution in [3.05, 3.63) is 59.4 Å². The van der Waals surface area contributed by atoms with Gasteiger partial charge in [-0.1, -0.05) is 19.9 Å². The molecule has 0 aliphatic carbocycles.